The summed E-state index contributed by atoms with van der Waals surface area (Å²) in [6, 6.07) is 16.6. The molecule has 0 atom stereocenters. The van der Waals surface area contributed by atoms with Crippen molar-refractivity contribution in [3.8, 4) is 28.3 Å². The van der Waals surface area contributed by atoms with Crippen molar-refractivity contribution in [1.82, 2.24) is 15.0 Å². The van der Waals surface area contributed by atoms with E-state index in [1.165, 1.54) is 16.5 Å². The van der Waals surface area contributed by atoms with Crippen LogP contribution in [0.4, 0.5) is 0 Å². The lowest BCUT2D eigenvalue weighted by Gasteiger charge is -2.05. The summed E-state index contributed by atoms with van der Waals surface area (Å²) in [7, 11) is 0. The van der Waals surface area contributed by atoms with Gasteiger partial charge >= 0.3 is 0 Å². The zero-order chi connectivity index (χ0) is 16.4. The second kappa shape index (κ2) is 6.16. The Morgan fingerprint density at radius 3 is 2.71 bits per heavy atom. The van der Waals surface area contributed by atoms with Crippen molar-refractivity contribution in [3.05, 3.63) is 67.1 Å². The molecule has 24 heavy (non-hydrogen) atoms. The quantitative estimate of drug-likeness (QED) is 0.594. The number of nitrogens with one attached hydrogen (secondary N) is 1. The minimum Gasteiger partial charge on any atom is -0.477 e. The van der Waals surface area contributed by atoms with Crippen molar-refractivity contribution >= 4 is 10.9 Å². The molecule has 0 radical (unpaired) electrons. The highest BCUT2D eigenvalue weighted by molar-refractivity contribution is 5.97. The monoisotopic (exact) mass is 315 g/mol. The van der Waals surface area contributed by atoms with Gasteiger partial charge in [-0.05, 0) is 24.6 Å². The molecule has 0 aliphatic carbocycles. The maximum Gasteiger partial charge on any atom is 0.232 e. The molecule has 0 aliphatic heterocycles. The maximum atomic E-state index is 5.45. The summed E-state index contributed by atoms with van der Waals surface area (Å²) in [6.45, 7) is 2.51. The number of ether oxygens (including phenoxy) is 1. The van der Waals surface area contributed by atoms with Gasteiger partial charge < -0.3 is 9.72 Å². The minimum atomic E-state index is 0.549. The second-order valence-electron chi connectivity index (χ2n) is 5.50. The summed E-state index contributed by atoms with van der Waals surface area (Å²) in [5.41, 5.74) is 5.30. The predicted octanol–water partition coefficient (Wildman–Crippen LogP) is 4.69. The van der Waals surface area contributed by atoms with Gasteiger partial charge in [-0.3, -0.25) is 4.98 Å². The molecular formula is C20H17N3O. The van der Waals surface area contributed by atoms with Crippen LogP contribution < -0.4 is 4.74 Å². The zero-order valence-electron chi connectivity index (χ0n) is 13.4. The molecule has 4 heteroatoms. The van der Waals surface area contributed by atoms with Crippen molar-refractivity contribution in [2.75, 3.05) is 6.61 Å². The van der Waals surface area contributed by atoms with Crippen LogP contribution >= 0.6 is 0 Å². The Hall–Kier alpha value is -3.14. The molecule has 0 saturated carbocycles. The Labute approximate surface area is 140 Å². The Bertz CT molecular complexity index is 977. The van der Waals surface area contributed by atoms with Crippen molar-refractivity contribution in [1.29, 1.82) is 0 Å². The number of rotatable bonds is 4. The molecule has 2 heterocycles. The van der Waals surface area contributed by atoms with Crippen LogP contribution in [0.15, 0.2) is 67.1 Å². The number of aromatic nitrogens is 3. The Balaban J connectivity index is 1.82. The number of aromatic amines is 1. The smallest absolute Gasteiger partial charge is 0.232 e. The van der Waals surface area contributed by atoms with Crippen LogP contribution in [0.5, 0.6) is 5.88 Å². The number of fused-ring (bicyclic) bond motifs is 1. The summed E-state index contributed by atoms with van der Waals surface area (Å²) >= 11 is 0. The first-order chi connectivity index (χ1) is 11.8. The molecular weight excluding hydrogens is 298 g/mol. The minimum absolute atomic E-state index is 0.549. The highest BCUT2D eigenvalue weighted by Crippen LogP contribution is 2.31. The van der Waals surface area contributed by atoms with Crippen LogP contribution in [-0.4, -0.2) is 21.6 Å². The lowest BCUT2D eigenvalue weighted by molar-refractivity contribution is 0.325. The summed E-state index contributed by atoms with van der Waals surface area (Å²) < 4.78 is 5.45. The molecule has 0 unspecified atom stereocenters. The number of hydrogen-bond donors (Lipinski definition) is 1. The van der Waals surface area contributed by atoms with Crippen molar-refractivity contribution in [2.45, 2.75) is 6.92 Å². The molecule has 0 fully saturated rings. The van der Waals surface area contributed by atoms with Gasteiger partial charge in [0.1, 0.15) is 0 Å². The largest absolute Gasteiger partial charge is 0.477 e. The van der Waals surface area contributed by atoms with Crippen LogP contribution in [-0.2, 0) is 0 Å². The molecule has 2 aromatic heterocycles. The number of hydrogen-bond acceptors (Lipinski definition) is 3. The van der Waals surface area contributed by atoms with Crippen LogP contribution in [0.25, 0.3) is 33.3 Å². The highest BCUT2D eigenvalue weighted by Gasteiger charge is 2.09. The summed E-state index contributed by atoms with van der Waals surface area (Å²) in [4.78, 5) is 12.1. The van der Waals surface area contributed by atoms with Gasteiger partial charge in [-0.25, -0.2) is 4.98 Å². The van der Waals surface area contributed by atoms with E-state index in [-0.39, 0.29) is 0 Å². The topological polar surface area (TPSA) is 50.8 Å². The first kappa shape index (κ1) is 14.5. The molecule has 118 valence electrons. The lowest BCUT2D eigenvalue weighted by Crippen LogP contribution is -1.96. The molecule has 4 nitrogen and oxygen atoms in total. The third-order valence-corrected chi connectivity index (χ3v) is 3.97. The third kappa shape index (κ3) is 2.63. The molecule has 0 bridgehead atoms. The van der Waals surface area contributed by atoms with E-state index in [9.17, 15) is 0 Å². The van der Waals surface area contributed by atoms with Gasteiger partial charge in [-0.1, -0.05) is 36.4 Å². The Morgan fingerprint density at radius 2 is 1.88 bits per heavy atom. The van der Waals surface area contributed by atoms with Crippen LogP contribution in [0, 0.1) is 0 Å². The SMILES string of the molecule is CCOc1cncc(-c2ccc3[nH]cc(-c4ccccc4)c3c2)n1. The number of benzene rings is 2. The summed E-state index contributed by atoms with van der Waals surface area (Å²) in [6.07, 6.45) is 5.45. The first-order valence-corrected chi connectivity index (χ1v) is 7.97. The molecule has 4 rings (SSSR count). The second-order valence-corrected chi connectivity index (χ2v) is 5.50. The van der Waals surface area contributed by atoms with Crippen molar-refractivity contribution in [3.63, 3.8) is 0 Å². The van der Waals surface area contributed by atoms with E-state index in [2.05, 4.69) is 51.4 Å². The average Bonchev–Trinajstić information content (AvgIpc) is 3.06. The van der Waals surface area contributed by atoms with Gasteiger partial charge in [0.05, 0.1) is 24.7 Å². The molecule has 4 aromatic rings. The maximum absolute atomic E-state index is 5.45. The van der Waals surface area contributed by atoms with E-state index in [4.69, 9.17) is 4.74 Å². The first-order valence-electron chi connectivity index (χ1n) is 7.97. The molecule has 0 spiro atoms. The standard InChI is InChI=1S/C20H17N3O/c1-2-24-20-13-21-12-19(23-20)15-8-9-18-16(10-15)17(11-22-18)14-6-4-3-5-7-14/h3-13,22H,2H2,1H3. The van der Waals surface area contributed by atoms with Gasteiger partial charge in [0, 0.05) is 28.2 Å². The van der Waals surface area contributed by atoms with Crippen LogP contribution in [0.1, 0.15) is 6.92 Å². The molecule has 1 N–H and O–H groups in total. The van der Waals surface area contributed by atoms with Crippen molar-refractivity contribution < 1.29 is 4.74 Å². The molecule has 0 saturated heterocycles. The van der Waals surface area contributed by atoms with E-state index in [1.54, 1.807) is 12.4 Å². The highest BCUT2D eigenvalue weighted by atomic mass is 16.5. The molecule has 2 aromatic carbocycles. The molecule has 0 amide bonds. The van der Waals surface area contributed by atoms with Gasteiger partial charge in [-0.2, -0.15) is 0 Å². The summed E-state index contributed by atoms with van der Waals surface area (Å²) in [5.74, 6) is 0.549. The normalized spacial score (nSPS) is 10.9. The van der Waals surface area contributed by atoms with Crippen LogP contribution in [0.2, 0.25) is 0 Å². The van der Waals surface area contributed by atoms with E-state index in [0.29, 0.717) is 12.5 Å². The molecule has 0 aliphatic rings. The van der Waals surface area contributed by atoms with Gasteiger partial charge in [0.25, 0.3) is 0 Å². The van der Waals surface area contributed by atoms with Crippen LogP contribution in [0.3, 0.4) is 0 Å². The Kier molecular flexibility index (Phi) is 3.71. The fraction of sp³-hybridized carbons (Fsp3) is 0.100. The number of nitrogens with zero attached hydrogens (tertiary/aromatic N) is 2. The predicted molar refractivity (Wildman–Crippen MR) is 95.9 cm³/mol. The number of H-pyrrole nitrogens is 1. The summed E-state index contributed by atoms with van der Waals surface area (Å²) in [5, 5.41) is 1.17. The van der Waals surface area contributed by atoms with E-state index in [0.717, 1.165) is 16.8 Å². The zero-order valence-corrected chi connectivity index (χ0v) is 13.4. The van der Waals surface area contributed by atoms with E-state index >= 15 is 0 Å². The van der Waals surface area contributed by atoms with Gasteiger partial charge in [-0.15, -0.1) is 0 Å². The van der Waals surface area contributed by atoms with Gasteiger partial charge in [0.2, 0.25) is 5.88 Å². The van der Waals surface area contributed by atoms with E-state index < -0.39 is 0 Å². The fourth-order valence-electron chi connectivity index (χ4n) is 2.84. The fourth-order valence-corrected chi connectivity index (χ4v) is 2.84. The Morgan fingerprint density at radius 1 is 1.00 bits per heavy atom. The van der Waals surface area contributed by atoms with E-state index in [1.807, 2.05) is 25.3 Å². The lowest BCUT2D eigenvalue weighted by atomic mass is 10.0. The third-order valence-electron chi connectivity index (χ3n) is 3.97. The average molecular weight is 315 g/mol. The van der Waals surface area contributed by atoms with Crippen molar-refractivity contribution in [2.24, 2.45) is 0 Å². The van der Waals surface area contributed by atoms with Gasteiger partial charge in [0.15, 0.2) is 0 Å².